The van der Waals surface area contributed by atoms with E-state index in [1.165, 1.54) is 12.1 Å². The molecule has 3 rings (SSSR count). The van der Waals surface area contributed by atoms with Crippen LogP contribution < -0.4 is 15.2 Å². The Hall–Kier alpha value is -2.14. The van der Waals surface area contributed by atoms with Gasteiger partial charge in [-0.25, -0.2) is 8.78 Å². The zero-order chi connectivity index (χ0) is 15.0. The predicted molar refractivity (Wildman–Crippen MR) is 74.3 cm³/mol. The van der Waals surface area contributed by atoms with E-state index in [2.05, 4.69) is 0 Å². The number of rotatable bonds is 2. The Bertz CT molecular complexity index is 675. The van der Waals surface area contributed by atoms with E-state index < -0.39 is 17.7 Å². The second-order valence-corrected chi connectivity index (χ2v) is 5.02. The lowest BCUT2D eigenvalue weighted by molar-refractivity contribution is 0.157. The standard InChI is InChI=1S/C16H15F2NO2/c1-20-10-3-5-15-12(7-10)14(19)8-16(21-15)11-4-2-9(17)6-13(11)18/h2-7,14,16H,8,19H2,1H3. The molecule has 1 heterocycles. The lowest BCUT2D eigenvalue weighted by atomic mass is 9.93. The highest BCUT2D eigenvalue weighted by Crippen LogP contribution is 2.41. The SMILES string of the molecule is COc1ccc2c(c1)C(N)CC(c1ccc(F)cc1F)O2. The molecular formula is C16H15F2NO2. The van der Waals surface area contributed by atoms with Crippen molar-refractivity contribution in [2.45, 2.75) is 18.6 Å². The van der Waals surface area contributed by atoms with Crippen molar-refractivity contribution in [3.8, 4) is 11.5 Å². The van der Waals surface area contributed by atoms with E-state index >= 15 is 0 Å². The highest BCUT2D eigenvalue weighted by Gasteiger charge is 2.29. The number of halogens is 2. The van der Waals surface area contributed by atoms with Crippen LogP contribution >= 0.6 is 0 Å². The molecule has 0 saturated heterocycles. The van der Waals surface area contributed by atoms with Gasteiger partial charge in [-0.1, -0.05) is 0 Å². The smallest absolute Gasteiger partial charge is 0.133 e. The third-order valence-electron chi connectivity index (χ3n) is 3.66. The van der Waals surface area contributed by atoms with Crippen molar-refractivity contribution < 1.29 is 18.3 Å². The second kappa shape index (κ2) is 5.33. The normalized spacial score (nSPS) is 20.6. The molecule has 2 N–H and O–H groups in total. The Labute approximate surface area is 121 Å². The molecule has 0 amide bonds. The Balaban J connectivity index is 1.94. The number of nitrogens with two attached hydrogens (primary N) is 1. The summed E-state index contributed by atoms with van der Waals surface area (Å²) in [6.07, 6.45) is -0.107. The van der Waals surface area contributed by atoms with Gasteiger partial charge < -0.3 is 15.2 Å². The molecule has 0 spiro atoms. The third kappa shape index (κ3) is 2.56. The van der Waals surface area contributed by atoms with E-state index in [1.54, 1.807) is 19.2 Å². The predicted octanol–water partition coefficient (Wildman–Crippen LogP) is 3.50. The van der Waals surface area contributed by atoms with Gasteiger partial charge in [-0.15, -0.1) is 0 Å². The fraction of sp³-hybridized carbons (Fsp3) is 0.250. The van der Waals surface area contributed by atoms with Crippen LogP contribution in [0.1, 0.15) is 29.7 Å². The first kappa shape index (κ1) is 13.8. The van der Waals surface area contributed by atoms with Crippen LogP contribution in [-0.2, 0) is 0 Å². The van der Waals surface area contributed by atoms with Gasteiger partial charge >= 0.3 is 0 Å². The molecule has 21 heavy (non-hydrogen) atoms. The van der Waals surface area contributed by atoms with Crippen LogP contribution in [0.3, 0.4) is 0 Å². The van der Waals surface area contributed by atoms with Crippen molar-refractivity contribution >= 4 is 0 Å². The summed E-state index contributed by atoms with van der Waals surface area (Å²) in [6, 6.07) is 8.51. The van der Waals surface area contributed by atoms with E-state index in [0.717, 1.165) is 11.6 Å². The molecule has 1 aliphatic rings. The van der Waals surface area contributed by atoms with Gasteiger partial charge in [0.2, 0.25) is 0 Å². The van der Waals surface area contributed by atoms with Gasteiger partial charge in [-0.2, -0.15) is 0 Å². The van der Waals surface area contributed by atoms with E-state index in [-0.39, 0.29) is 6.04 Å². The number of methoxy groups -OCH3 is 1. The Morgan fingerprint density at radius 3 is 2.67 bits per heavy atom. The topological polar surface area (TPSA) is 44.5 Å². The minimum absolute atomic E-state index is 0.293. The number of hydrogen-bond donors (Lipinski definition) is 1. The van der Waals surface area contributed by atoms with Gasteiger partial charge in [-0.05, 0) is 30.3 Å². The summed E-state index contributed by atoms with van der Waals surface area (Å²) in [6.45, 7) is 0. The molecule has 2 unspecified atom stereocenters. The lowest BCUT2D eigenvalue weighted by Crippen LogP contribution is -2.24. The molecule has 2 aromatic carbocycles. The minimum Gasteiger partial charge on any atom is -0.497 e. The van der Waals surface area contributed by atoms with Crippen molar-refractivity contribution in [1.29, 1.82) is 0 Å². The van der Waals surface area contributed by atoms with Crippen LogP contribution in [0, 0.1) is 11.6 Å². The molecule has 110 valence electrons. The maximum Gasteiger partial charge on any atom is 0.133 e. The zero-order valence-corrected chi connectivity index (χ0v) is 11.5. The highest BCUT2D eigenvalue weighted by molar-refractivity contribution is 5.44. The molecule has 2 atom stereocenters. The average molecular weight is 291 g/mol. The molecule has 0 fully saturated rings. The molecule has 0 aliphatic carbocycles. The maximum atomic E-state index is 13.9. The fourth-order valence-corrected chi connectivity index (χ4v) is 2.56. The lowest BCUT2D eigenvalue weighted by Gasteiger charge is -2.31. The van der Waals surface area contributed by atoms with Crippen LogP contribution in [0.2, 0.25) is 0 Å². The molecule has 1 aliphatic heterocycles. The van der Waals surface area contributed by atoms with Crippen molar-refractivity contribution in [2.24, 2.45) is 5.73 Å². The van der Waals surface area contributed by atoms with Gasteiger partial charge in [0.25, 0.3) is 0 Å². The summed E-state index contributed by atoms with van der Waals surface area (Å²) in [7, 11) is 1.58. The van der Waals surface area contributed by atoms with Crippen molar-refractivity contribution in [1.82, 2.24) is 0 Å². The minimum atomic E-state index is -0.621. The van der Waals surface area contributed by atoms with Gasteiger partial charge in [-0.3, -0.25) is 0 Å². The second-order valence-electron chi connectivity index (χ2n) is 5.02. The fourth-order valence-electron chi connectivity index (χ4n) is 2.56. The summed E-state index contributed by atoms with van der Waals surface area (Å²) < 4.78 is 37.8. The van der Waals surface area contributed by atoms with Crippen LogP contribution in [0.25, 0.3) is 0 Å². The number of benzene rings is 2. The molecule has 0 aromatic heterocycles. The van der Waals surface area contributed by atoms with Crippen molar-refractivity contribution in [2.75, 3.05) is 7.11 Å². The first-order valence-corrected chi connectivity index (χ1v) is 6.63. The van der Waals surface area contributed by atoms with Crippen LogP contribution in [0.15, 0.2) is 36.4 Å². The zero-order valence-electron chi connectivity index (χ0n) is 11.5. The molecule has 2 aromatic rings. The molecular weight excluding hydrogens is 276 g/mol. The number of fused-ring (bicyclic) bond motifs is 1. The Morgan fingerprint density at radius 1 is 1.14 bits per heavy atom. The van der Waals surface area contributed by atoms with Crippen molar-refractivity contribution in [3.05, 3.63) is 59.2 Å². The highest BCUT2D eigenvalue weighted by atomic mass is 19.1. The number of ether oxygens (including phenoxy) is 2. The summed E-state index contributed by atoms with van der Waals surface area (Å²) >= 11 is 0. The Morgan fingerprint density at radius 2 is 1.95 bits per heavy atom. The van der Waals surface area contributed by atoms with Crippen LogP contribution in [0.4, 0.5) is 8.78 Å². The largest absolute Gasteiger partial charge is 0.497 e. The van der Waals surface area contributed by atoms with E-state index in [0.29, 0.717) is 23.5 Å². The monoisotopic (exact) mass is 291 g/mol. The van der Waals surface area contributed by atoms with E-state index in [4.69, 9.17) is 15.2 Å². The number of hydrogen-bond acceptors (Lipinski definition) is 3. The van der Waals surface area contributed by atoms with E-state index in [9.17, 15) is 8.78 Å². The molecule has 5 heteroatoms. The third-order valence-corrected chi connectivity index (χ3v) is 3.66. The summed E-state index contributed by atoms with van der Waals surface area (Å²) in [5.41, 5.74) is 7.29. The first-order chi connectivity index (χ1) is 10.1. The molecule has 0 radical (unpaired) electrons. The average Bonchev–Trinajstić information content (AvgIpc) is 2.47. The maximum absolute atomic E-state index is 13.9. The van der Waals surface area contributed by atoms with Crippen LogP contribution in [0.5, 0.6) is 11.5 Å². The quantitative estimate of drug-likeness (QED) is 0.921. The molecule has 0 bridgehead atoms. The van der Waals surface area contributed by atoms with E-state index in [1.807, 2.05) is 6.07 Å². The summed E-state index contributed by atoms with van der Waals surface area (Å²) in [5.74, 6) is 0.0631. The summed E-state index contributed by atoms with van der Waals surface area (Å²) in [4.78, 5) is 0. The summed E-state index contributed by atoms with van der Waals surface area (Å²) in [5, 5.41) is 0. The van der Waals surface area contributed by atoms with Gasteiger partial charge in [0, 0.05) is 29.7 Å². The van der Waals surface area contributed by atoms with Gasteiger partial charge in [0.15, 0.2) is 0 Å². The molecule has 0 saturated carbocycles. The van der Waals surface area contributed by atoms with Gasteiger partial charge in [0.05, 0.1) is 7.11 Å². The van der Waals surface area contributed by atoms with Crippen LogP contribution in [-0.4, -0.2) is 7.11 Å². The molecule has 3 nitrogen and oxygen atoms in total. The first-order valence-electron chi connectivity index (χ1n) is 6.63. The van der Waals surface area contributed by atoms with Crippen molar-refractivity contribution in [3.63, 3.8) is 0 Å². The Kier molecular flexibility index (Phi) is 3.51. The van der Waals surface area contributed by atoms with Gasteiger partial charge in [0.1, 0.15) is 29.2 Å².